The van der Waals surface area contributed by atoms with Gasteiger partial charge in [-0.05, 0) is 32.0 Å². The van der Waals surface area contributed by atoms with Gasteiger partial charge in [0.25, 0.3) is 0 Å². The predicted molar refractivity (Wildman–Crippen MR) is 71.0 cm³/mol. The Morgan fingerprint density at radius 3 is 3.17 bits per heavy atom. The summed E-state index contributed by atoms with van der Waals surface area (Å²) >= 11 is 1.19. The lowest BCUT2D eigenvalue weighted by molar-refractivity contribution is 0.0696. The lowest BCUT2D eigenvalue weighted by atomic mass is 10.1. The van der Waals surface area contributed by atoms with E-state index in [0.717, 1.165) is 18.8 Å². The summed E-state index contributed by atoms with van der Waals surface area (Å²) in [6, 6.07) is 0. The van der Waals surface area contributed by atoms with E-state index in [1.165, 1.54) is 30.8 Å². The Bertz CT molecular complexity index is 408. The Hall–Kier alpha value is -0.980. The summed E-state index contributed by atoms with van der Waals surface area (Å²) in [4.78, 5) is 17.2. The molecule has 1 saturated heterocycles. The molecule has 6 heteroatoms. The van der Waals surface area contributed by atoms with Crippen LogP contribution in [0.1, 0.15) is 28.8 Å². The summed E-state index contributed by atoms with van der Waals surface area (Å²) in [6.45, 7) is 7.33. The maximum absolute atomic E-state index is 10.7. The highest BCUT2D eigenvalue weighted by atomic mass is 32.1. The van der Waals surface area contributed by atoms with Crippen LogP contribution in [0.4, 0.5) is 0 Å². The number of thiazole rings is 1. The first-order valence-electron chi connectivity index (χ1n) is 6.29. The molecule has 1 fully saturated rings. The third kappa shape index (κ3) is 3.51. The Morgan fingerprint density at radius 1 is 1.72 bits per heavy atom. The second-order valence-electron chi connectivity index (χ2n) is 4.63. The number of aromatic nitrogens is 1. The quantitative estimate of drug-likeness (QED) is 0.814. The lowest BCUT2D eigenvalue weighted by Crippen LogP contribution is -2.26. The van der Waals surface area contributed by atoms with E-state index in [0.29, 0.717) is 12.5 Å². The minimum Gasteiger partial charge on any atom is -0.476 e. The first kappa shape index (κ1) is 13.5. The smallest absolute Gasteiger partial charge is 0.365 e. The van der Waals surface area contributed by atoms with Crippen molar-refractivity contribution in [3.05, 3.63) is 16.1 Å². The normalized spacial score (nSPS) is 20.4. The fourth-order valence-corrected chi connectivity index (χ4v) is 2.91. The van der Waals surface area contributed by atoms with Crippen LogP contribution in [0.2, 0.25) is 0 Å². The van der Waals surface area contributed by atoms with E-state index in [-0.39, 0.29) is 5.01 Å². The topological polar surface area (TPSA) is 65.5 Å². The first-order valence-corrected chi connectivity index (χ1v) is 7.17. The molecule has 1 aliphatic rings. The number of carboxylic acids is 1. The average molecular weight is 269 g/mol. The molecular formula is C12H19N3O2S. The molecule has 0 saturated carbocycles. The minimum atomic E-state index is -0.944. The van der Waals surface area contributed by atoms with Gasteiger partial charge < -0.3 is 15.3 Å². The third-order valence-electron chi connectivity index (χ3n) is 3.29. The van der Waals surface area contributed by atoms with Gasteiger partial charge in [0.2, 0.25) is 5.01 Å². The van der Waals surface area contributed by atoms with Gasteiger partial charge in [0.05, 0.1) is 5.69 Å². The van der Waals surface area contributed by atoms with Crippen molar-refractivity contribution >= 4 is 17.3 Å². The van der Waals surface area contributed by atoms with E-state index in [4.69, 9.17) is 5.11 Å². The second kappa shape index (κ2) is 6.26. The molecule has 2 N–H and O–H groups in total. The number of rotatable bonds is 6. The average Bonchev–Trinajstić information content (AvgIpc) is 2.97. The lowest BCUT2D eigenvalue weighted by Gasteiger charge is -2.13. The van der Waals surface area contributed by atoms with Crippen molar-refractivity contribution in [3.8, 4) is 0 Å². The number of nitrogens with zero attached hydrogens (tertiary/aromatic N) is 2. The van der Waals surface area contributed by atoms with Crippen molar-refractivity contribution < 1.29 is 9.90 Å². The molecule has 1 aromatic rings. The second-order valence-corrected chi connectivity index (χ2v) is 5.49. The minimum absolute atomic E-state index is 0.171. The van der Waals surface area contributed by atoms with Gasteiger partial charge in [-0.2, -0.15) is 0 Å². The molecule has 0 radical (unpaired) electrons. The van der Waals surface area contributed by atoms with Crippen LogP contribution in [0, 0.1) is 5.92 Å². The zero-order valence-corrected chi connectivity index (χ0v) is 11.4. The van der Waals surface area contributed by atoms with Crippen molar-refractivity contribution in [3.63, 3.8) is 0 Å². The van der Waals surface area contributed by atoms with Crippen molar-refractivity contribution in [2.45, 2.75) is 19.9 Å². The zero-order valence-electron chi connectivity index (χ0n) is 10.6. The van der Waals surface area contributed by atoms with Gasteiger partial charge in [0.1, 0.15) is 0 Å². The Morgan fingerprint density at radius 2 is 2.56 bits per heavy atom. The molecule has 2 rings (SSSR count). The van der Waals surface area contributed by atoms with E-state index in [1.807, 2.05) is 5.38 Å². The fraction of sp³-hybridized carbons (Fsp3) is 0.667. The monoisotopic (exact) mass is 269 g/mol. The van der Waals surface area contributed by atoms with Gasteiger partial charge in [0.15, 0.2) is 0 Å². The van der Waals surface area contributed by atoms with Crippen LogP contribution in [0.5, 0.6) is 0 Å². The molecule has 0 spiro atoms. The number of likely N-dealkylation sites (tertiary alicyclic amines) is 1. The van der Waals surface area contributed by atoms with Gasteiger partial charge in [-0.3, -0.25) is 0 Å². The molecule has 1 aliphatic heterocycles. The maximum Gasteiger partial charge on any atom is 0.365 e. The van der Waals surface area contributed by atoms with Crippen LogP contribution in [0.25, 0.3) is 0 Å². The van der Waals surface area contributed by atoms with Gasteiger partial charge in [-0.1, -0.05) is 6.92 Å². The number of nitrogens with one attached hydrogen (secondary N) is 1. The molecule has 1 unspecified atom stereocenters. The SMILES string of the molecule is CCN1CCC(CNCc2csc(C(=O)O)n2)C1. The fourth-order valence-electron chi connectivity index (χ4n) is 2.26. The van der Waals surface area contributed by atoms with Crippen LogP contribution < -0.4 is 5.32 Å². The Kier molecular flexibility index (Phi) is 4.68. The largest absolute Gasteiger partial charge is 0.476 e. The van der Waals surface area contributed by atoms with Crippen LogP contribution in [-0.2, 0) is 6.54 Å². The molecule has 5 nitrogen and oxygen atoms in total. The van der Waals surface area contributed by atoms with E-state index < -0.39 is 5.97 Å². The molecule has 100 valence electrons. The molecular weight excluding hydrogens is 250 g/mol. The highest BCUT2D eigenvalue weighted by molar-refractivity contribution is 7.11. The molecule has 0 aromatic carbocycles. The maximum atomic E-state index is 10.7. The predicted octanol–water partition coefficient (Wildman–Crippen LogP) is 1.27. The third-order valence-corrected chi connectivity index (χ3v) is 4.17. The summed E-state index contributed by atoms with van der Waals surface area (Å²) in [5, 5.41) is 14.1. The number of hydrogen-bond donors (Lipinski definition) is 2. The van der Waals surface area contributed by atoms with Crippen LogP contribution >= 0.6 is 11.3 Å². The van der Waals surface area contributed by atoms with E-state index in [9.17, 15) is 4.79 Å². The van der Waals surface area contributed by atoms with Crippen molar-refractivity contribution in [1.82, 2.24) is 15.2 Å². The van der Waals surface area contributed by atoms with Crippen molar-refractivity contribution in [1.29, 1.82) is 0 Å². The van der Waals surface area contributed by atoms with E-state index in [1.54, 1.807) is 0 Å². The molecule has 0 amide bonds. The summed E-state index contributed by atoms with van der Waals surface area (Å²) in [5.74, 6) is -0.233. The first-order chi connectivity index (χ1) is 8.69. The van der Waals surface area contributed by atoms with E-state index in [2.05, 4.69) is 22.1 Å². The molecule has 2 heterocycles. The summed E-state index contributed by atoms with van der Waals surface area (Å²) in [5.41, 5.74) is 0.822. The molecule has 1 atom stereocenters. The summed E-state index contributed by atoms with van der Waals surface area (Å²) in [7, 11) is 0. The highest BCUT2D eigenvalue weighted by Crippen LogP contribution is 2.15. The van der Waals surface area contributed by atoms with Gasteiger partial charge >= 0.3 is 5.97 Å². The zero-order chi connectivity index (χ0) is 13.0. The van der Waals surface area contributed by atoms with Gasteiger partial charge in [0, 0.05) is 18.5 Å². The number of carbonyl (C=O) groups is 1. The van der Waals surface area contributed by atoms with Crippen molar-refractivity contribution in [2.24, 2.45) is 5.92 Å². The number of aromatic carboxylic acids is 1. The van der Waals surface area contributed by atoms with Crippen LogP contribution in [-0.4, -0.2) is 47.1 Å². The van der Waals surface area contributed by atoms with Crippen molar-refractivity contribution in [2.75, 3.05) is 26.2 Å². The van der Waals surface area contributed by atoms with Gasteiger partial charge in [-0.25, -0.2) is 9.78 Å². The van der Waals surface area contributed by atoms with Crippen LogP contribution in [0.15, 0.2) is 5.38 Å². The molecule has 1 aromatic heterocycles. The molecule has 0 aliphatic carbocycles. The summed E-state index contributed by atoms with van der Waals surface area (Å²) in [6.07, 6.45) is 1.25. The van der Waals surface area contributed by atoms with Gasteiger partial charge in [-0.15, -0.1) is 11.3 Å². The number of hydrogen-bond acceptors (Lipinski definition) is 5. The Labute approximate surface area is 111 Å². The molecule has 18 heavy (non-hydrogen) atoms. The summed E-state index contributed by atoms with van der Waals surface area (Å²) < 4.78 is 0. The van der Waals surface area contributed by atoms with Crippen LogP contribution in [0.3, 0.4) is 0 Å². The van der Waals surface area contributed by atoms with E-state index >= 15 is 0 Å². The standard InChI is InChI=1S/C12H19N3O2S/c1-2-15-4-3-9(7-15)5-13-6-10-8-18-11(14-10)12(16)17/h8-9,13H,2-7H2,1H3,(H,16,17). The Balaban J connectivity index is 1.70. The number of carboxylic acid groups (broad SMARTS) is 1. The molecule has 0 bridgehead atoms. The highest BCUT2D eigenvalue weighted by Gasteiger charge is 2.20.